The van der Waals surface area contributed by atoms with Gasteiger partial charge in [-0.15, -0.1) is 0 Å². The van der Waals surface area contributed by atoms with Crippen LogP contribution in [0.25, 0.3) is 33.4 Å². The quantitative estimate of drug-likeness (QED) is 0.159. The average Bonchev–Trinajstić information content (AvgIpc) is 3.51. The van der Waals surface area contributed by atoms with Gasteiger partial charge in [0.2, 0.25) is 0 Å². The molecular weight excluding hydrogens is 856 g/mol. The van der Waals surface area contributed by atoms with Crippen molar-refractivity contribution in [3.8, 4) is 33.4 Å². The Bertz CT molecular complexity index is 3330. The van der Waals surface area contributed by atoms with Crippen molar-refractivity contribution in [2.75, 3.05) is 9.80 Å². The van der Waals surface area contributed by atoms with Gasteiger partial charge in [-0.05, 0) is 185 Å². The molecule has 3 heteroatoms. The molecule has 8 aromatic carbocycles. The van der Waals surface area contributed by atoms with Gasteiger partial charge in [0.1, 0.15) is 0 Å². The second-order valence-corrected chi connectivity index (χ2v) is 25.6. The Hall–Kier alpha value is -6.58. The molecule has 0 spiro atoms. The van der Waals surface area contributed by atoms with E-state index >= 15 is 0 Å². The molecule has 0 unspecified atom stereocenters. The molecule has 71 heavy (non-hydrogen) atoms. The minimum absolute atomic E-state index is 0.00495. The lowest BCUT2D eigenvalue weighted by Crippen LogP contribution is -2.61. The molecule has 0 bridgehead atoms. The second-order valence-electron chi connectivity index (χ2n) is 25.6. The van der Waals surface area contributed by atoms with Gasteiger partial charge < -0.3 is 9.80 Å². The molecule has 0 saturated carbocycles. The van der Waals surface area contributed by atoms with Crippen LogP contribution in [0.5, 0.6) is 0 Å². The zero-order chi connectivity index (χ0) is 50.2. The Kier molecular flexibility index (Phi) is 10.7. The lowest BCUT2D eigenvalue weighted by atomic mass is 9.33. The Morgan fingerprint density at radius 2 is 0.859 bits per heavy atom. The van der Waals surface area contributed by atoms with Crippen molar-refractivity contribution in [1.82, 2.24) is 0 Å². The summed E-state index contributed by atoms with van der Waals surface area (Å²) in [6, 6.07) is 63.5. The Morgan fingerprint density at radius 3 is 1.41 bits per heavy atom. The normalized spacial score (nSPS) is 15.5. The van der Waals surface area contributed by atoms with E-state index in [0.717, 1.165) is 6.42 Å². The van der Waals surface area contributed by atoms with Crippen LogP contribution in [0.2, 0.25) is 0 Å². The monoisotopic (exact) mass is 927 g/mol. The summed E-state index contributed by atoms with van der Waals surface area (Å²) in [5, 5.41) is 0. The summed E-state index contributed by atoms with van der Waals surface area (Å²) in [6.07, 6.45) is 1.10. The zero-order valence-electron chi connectivity index (χ0n) is 44.8. The maximum atomic E-state index is 2.69. The maximum Gasteiger partial charge on any atom is 0.252 e. The van der Waals surface area contributed by atoms with E-state index < -0.39 is 0 Å². The molecule has 0 radical (unpaired) electrons. The van der Waals surface area contributed by atoms with Crippen LogP contribution < -0.4 is 26.2 Å². The van der Waals surface area contributed by atoms with E-state index in [9.17, 15) is 0 Å². The molecule has 0 aromatic heterocycles. The van der Waals surface area contributed by atoms with Crippen LogP contribution in [0.15, 0.2) is 164 Å². The summed E-state index contributed by atoms with van der Waals surface area (Å²) >= 11 is 0. The Balaban J connectivity index is 1.26. The first kappa shape index (κ1) is 46.8. The molecule has 0 fully saturated rings. The first-order valence-corrected chi connectivity index (χ1v) is 26.1. The standard InChI is InChI=1S/C68H71BN2/c1-43-33-61-63-62(34-43)71(58-31-27-50(65(5,6)7)38-53(58)48-36-46(44-21-17-15-18-22-44)35-47(37-48)45-23-19-16-20-24-45)60-41-55-54(67(11,12)42-68(55,13)14)40-57(60)69(63)56-39-51(66(8,9)10)28-32-59(56)70(61)52-29-25-49(26-30-52)64(2,3)4/h15-41H,42H2,1-14H3. The van der Waals surface area contributed by atoms with Gasteiger partial charge in [-0.1, -0.05) is 187 Å². The number of fused-ring (bicyclic) bond motifs is 5. The van der Waals surface area contributed by atoms with E-state index in [-0.39, 0.29) is 33.8 Å². The summed E-state index contributed by atoms with van der Waals surface area (Å²) in [7, 11) is 0. The number of anilines is 6. The summed E-state index contributed by atoms with van der Waals surface area (Å²) in [5.41, 5.74) is 27.0. The predicted molar refractivity (Wildman–Crippen MR) is 308 cm³/mol. The molecule has 1 aliphatic carbocycles. The Morgan fingerprint density at radius 1 is 0.394 bits per heavy atom. The number of hydrogen-bond donors (Lipinski definition) is 0. The molecule has 2 nitrogen and oxygen atoms in total. The van der Waals surface area contributed by atoms with Crippen molar-refractivity contribution in [2.45, 2.75) is 130 Å². The van der Waals surface area contributed by atoms with E-state index in [0.29, 0.717) is 0 Å². The van der Waals surface area contributed by atoms with Crippen molar-refractivity contribution in [2.24, 2.45) is 0 Å². The fourth-order valence-electron chi connectivity index (χ4n) is 12.5. The lowest BCUT2D eigenvalue weighted by Gasteiger charge is -2.45. The Labute approximate surface area is 425 Å². The number of hydrogen-bond acceptors (Lipinski definition) is 2. The molecule has 11 rings (SSSR count). The van der Waals surface area contributed by atoms with E-state index in [4.69, 9.17) is 0 Å². The average molecular weight is 927 g/mol. The second kappa shape index (κ2) is 16.2. The summed E-state index contributed by atoms with van der Waals surface area (Å²) < 4.78 is 0. The molecule has 0 amide bonds. The minimum atomic E-state index is -0.0755. The van der Waals surface area contributed by atoms with Crippen LogP contribution in [0.4, 0.5) is 34.1 Å². The summed E-state index contributed by atoms with van der Waals surface area (Å²) in [5.74, 6) is 0. The van der Waals surface area contributed by atoms with E-state index in [1.165, 1.54) is 117 Å². The van der Waals surface area contributed by atoms with Crippen molar-refractivity contribution >= 4 is 57.2 Å². The van der Waals surface area contributed by atoms with Crippen LogP contribution in [0.1, 0.15) is 130 Å². The topological polar surface area (TPSA) is 6.48 Å². The van der Waals surface area contributed by atoms with Gasteiger partial charge in [0.25, 0.3) is 6.71 Å². The van der Waals surface area contributed by atoms with Gasteiger partial charge in [0.05, 0.1) is 5.69 Å². The van der Waals surface area contributed by atoms with Crippen molar-refractivity contribution in [3.63, 3.8) is 0 Å². The third-order valence-electron chi connectivity index (χ3n) is 16.1. The maximum absolute atomic E-state index is 2.69. The predicted octanol–water partition coefficient (Wildman–Crippen LogP) is 16.9. The third-order valence-corrected chi connectivity index (χ3v) is 16.1. The molecule has 8 aromatic rings. The number of aryl methyl sites for hydroxylation is 1. The SMILES string of the molecule is Cc1cc2c3c(c1)N(c1ccc(C(C)(C)C)cc1-c1cc(-c4ccccc4)cc(-c4ccccc4)c1)c1cc4c(cc1B3c1cc(C(C)(C)C)ccc1N2c1ccc(C(C)(C)C)cc1)C(C)(C)CC4(C)C. The first-order chi connectivity index (χ1) is 33.5. The molecular formula is C68H71BN2. The van der Waals surface area contributed by atoms with Crippen LogP contribution in [-0.2, 0) is 27.1 Å². The van der Waals surface area contributed by atoms with Gasteiger partial charge in [0.15, 0.2) is 0 Å². The number of nitrogens with zero attached hydrogens (tertiary/aromatic N) is 2. The van der Waals surface area contributed by atoms with E-state index in [1.54, 1.807) is 0 Å². The van der Waals surface area contributed by atoms with E-state index in [1.807, 2.05) is 0 Å². The number of rotatable bonds is 5. The minimum Gasteiger partial charge on any atom is -0.311 e. The fourth-order valence-corrected chi connectivity index (χ4v) is 12.5. The van der Waals surface area contributed by atoms with Crippen molar-refractivity contribution in [3.05, 3.63) is 197 Å². The van der Waals surface area contributed by atoms with Crippen LogP contribution in [-0.4, -0.2) is 6.71 Å². The molecule has 0 atom stereocenters. The van der Waals surface area contributed by atoms with Crippen LogP contribution >= 0.6 is 0 Å². The van der Waals surface area contributed by atoms with Gasteiger partial charge >= 0.3 is 0 Å². The molecule has 3 aliphatic rings. The molecule has 0 N–H and O–H groups in total. The van der Waals surface area contributed by atoms with Crippen molar-refractivity contribution < 1.29 is 0 Å². The largest absolute Gasteiger partial charge is 0.311 e. The zero-order valence-corrected chi connectivity index (χ0v) is 44.8. The lowest BCUT2D eigenvalue weighted by molar-refractivity contribution is 0.403. The van der Waals surface area contributed by atoms with Crippen molar-refractivity contribution in [1.29, 1.82) is 0 Å². The van der Waals surface area contributed by atoms with Gasteiger partial charge in [-0.2, -0.15) is 0 Å². The summed E-state index contributed by atoms with van der Waals surface area (Å²) in [4.78, 5) is 5.28. The highest BCUT2D eigenvalue weighted by molar-refractivity contribution is 7.00. The fraction of sp³-hybridized carbons (Fsp3) is 0.294. The highest BCUT2D eigenvalue weighted by Gasteiger charge is 2.48. The molecule has 356 valence electrons. The third kappa shape index (κ3) is 7.96. The highest BCUT2D eigenvalue weighted by atomic mass is 15.2. The van der Waals surface area contributed by atoms with Gasteiger partial charge in [-0.25, -0.2) is 0 Å². The van der Waals surface area contributed by atoms with Crippen LogP contribution in [0.3, 0.4) is 0 Å². The van der Waals surface area contributed by atoms with Gasteiger partial charge in [-0.3, -0.25) is 0 Å². The van der Waals surface area contributed by atoms with E-state index in [2.05, 4.69) is 271 Å². The molecule has 2 heterocycles. The van der Waals surface area contributed by atoms with Gasteiger partial charge in [0, 0.05) is 34.0 Å². The smallest absolute Gasteiger partial charge is 0.252 e. The number of benzene rings is 8. The molecule has 2 aliphatic heterocycles. The highest BCUT2D eigenvalue weighted by Crippen LogP contribution is 2.54. The van der Waals surface area contributed by atoms with Crippen LogP contribution in [0, 0.1) is 6.92 Å². The first-order valence-electron chi connectivity index (χ1n) is 26.1. The summed E-state index contributed by atoms with van der Waals surface area (Å²) in [6.45, 7) is 33.2. The molecule has 0 saturated heterocycles.